The van der Waals surface area contributed by atoms with Crippen molar-refractivity contribution in [3.05, 3.63) is 76.4 Å². The van der Waals surface area contributed by atoms with Crippen molar-refractivity contribution in [2.24, 2.45) is 7.05 Å². The normalized spacial score (nSPS) is 18.8. The van der Waals surface area contributed by atoms with Crippen molar-refractivity contribution in [3.8, 4) is 0 Å². The van der Waals surface area contributed by atoms with Gasteiger partial charge in [-0.3, -0.25) is 9.69 Å². The van der Waals surface area contributed by atoms with Gasteiger partial charge in [0.15, 0.2) is 0 Å². The zero-order valence-electron chi connectivity index (χ0n) is 25.6. The fourth-order valence-electron chi connectivity index (χ4n) is 6.51. The Bertz CT molecular complexity index is 1620. The minimum absolute atomic E-state index is 0.00328. The molecule has 0 atom stereocenters. The molecule has 2 amide bonds. The van der Waals surface area contributed by atoms with Crippen LogP contribution in [0.1, 0.15) is 85.4 Å². The lowest BCUT2D eigenvalue weighted by atomic mass is 9.74. The maximum atomic E-state index is 14.5. The number of aromatic nitrogens is 3. The number of nitrogens with one attached hydrogen (secondary N) is 1. The predicted molar refractivity (Wildman–Crippen MR) is 157 cm³/mol. The third-order valence-electron chi connectivity index (χ3n) is 9.15. The Balaban J connectivity index is 1.35. The molecule has 234 valence electrons. The molecule has 0 radical (unpaired) electrons. The summed E-state index contributed by atoms with van der Waals surface area (Å²) in [6.07, 6.45) is -1.29. The van der Waals surface area contributed by atoms with E-state index in [1.165, 1.54) is 15.9 Å². The van der Waals surface area contributed by atoms with Crippen LogP contribution in [0.3, 0.4) is 0 Å². The van der Waals surface area contributed by atoms with Gasteiger partial charge >= 0.3 is 12.3 Å². The first-order chi connectivity index (χ1) is 20.6. The largest absolute Gasteiger partial charge is 0.444 e. The molecular weight excluding hydrogens is 573 g/mol. The van der Waals surface area contributed by atoms with Crippen molar-refractivity contribution in [1.82, 2.24) is 25.0 Å². The van der Waals surface area contributed by atoms with E-state index in [1.54, 1.807) is 33.2 Å². The van der Waals surface area contributed by atoms with E-state index in [2.05, 4.69) is 15.5 Å². The quantitative estimate of drug-likeness (QED) is 0.393. The van der Waals surface area contributed by atoms with Crippen LogP contribution in [-0.4, -0.2) is 55.9 Å². The van der Waals surface area contributed by atoms with Crippen LogP contribution in [0.2, 0.25) is 0 Å². The third-order valence-corrected chi connectivity index (χ3v) is 9.15. The molecule has 44 heavy (non-hydrogen) atoms. The molecule has 1 saturated carbocycles. The van der Waals surface area contributed by atoms with Crippen molar-refractivity contribution in [2.75, 3.05) is 18.0 Å². The molecule has 1 aromatic heterocycles. The Morgan fingerprint density at radius 2 is 1.86 bits per heavy atom. The Labute approximate surface area is 254 Å². The average molecular weight is 611 g/mol. The summed E-state index contributed by atoms with van der Waals surface area (Å²) in [5.41, 5.74) is -1.07. The zero-order chi connectivity index (χ0) is 31.7. The summed E-state index contributed by atoms with van der Waals surface area (Å²) in [5.74, 6) is 0.255. The zero-order valence-corrected chi connectivity index (χ0v) is 25.6. The number of ether oxygens (including phenoxy) is 1. The number of anilines is 1. The number of carbonyl (C=O) groups is 2. The van der Waals surface area contributed by atoms with Gasteiger partial charge in [-0.1, -0.05) is 12.1 Å². The highest BCUT2D eigenvalue weighted by Gasteiger charge is 2.46. The highest BCUT2D eigenvalue weighted by atomic mass is 19.4. The Morgan fingerprint density at radius 1 is 1.14 bits per heavy atom. The molecule has 6 rings (SSSR count). The maximum Gasteiger partial charge on any atom is 0.416 e. The molecule has 0 bridgehead atoms. The van der Waals surface area contributed by atoms with Crippen LogP contribution in [0.5, 0.6) is 0 Å². The Kier molecular flexibility index (Phi) is 7.06. The molecule has 1 saturated heterocycles. The van der Waals surface area contributed by atoms with Crippen LogP contribution < -0.4 is 10.2 Å². The summed E-state index contributed by atoms with van der Waals surface area (Å²) in [6.45, 7) is 8.10. The minimum atomic E-state index is -4.69. The number of rotatable bonds is 6. The number of hydrogen-bond acceptors (Lipinski definition) is 6. The van der Waals surface area contributed by atoms with Crippen LogP contribution in [0, 0.1) is 0 Å². The van der Waals surface area contributed by atoms with E-state index >= 15 is 0 Å². The number of fused-ring (bicyclic) bond motifs is 1. The standard InChI is InChI=1S/C32H37F3N6O3/c1-29(2,3)44-28(43)41(30(4)10-7-11-30)15-20-12-23-24(25(13-20)32(33,34)35)16-40(26(23)42)22-9-6-8-21(14-22)31(17-36-18-31)27-38-37-19-39(27)5/h6,8-9,12-14,19,36H,7,10-11,15-18H2,1-5H3. The van der Waals surface area contributed by atoms with E-state index < -0.39 is 40.3 Å². The second-order valence-electron chi connectivity index (χ2n) is 13.5. The van der Waals surface area contributed by atoms with Gasteiger partial charge < -0.3 is 19.5 Å². The van der Waals surface area contributed by atoms with Crippen molar-refractivity contribution >= 4 is 17.7 Å². The highest BCUT2D eigenvalue weighted by Crippen LogP contribution is 2.43. The molecule has 3 aromatic rings. The summed E-state index contributed by atoms with van der Waals surface area (Å²) in [4.78, 5) is 30.0. The molecule has 9 nitrogen and oxygen atoms in total. The number of amides is 2. The molecule has 0 spiro atoms. The van der Waals surface area contributed by atoms with Gasteiger partial charge in [-0.2, -0.15) is 13.2 Å². The van der Waals surface area contributed by atoms with E-state index in [1.807, 2.05) is 36.7 Å². The van der Waals surface area contributed by atoms with Gasteiger partial charge in [-0.05, 0) is 87.9 Å². The van der Waals surface area contributed by atoms with Crippen LogP contribution in [-0.2, 0) is 36.5 Å². The van der Waals surface area contributed by atoms with Gasteiger partial charge in [0, 0.05) is 43.5 Å². The molecule has 1 aliphatic carbocycles. The van der Waals surface area contributed by atoms with Crippen molar-refractivity contribution in [3.63, 3.8) is 0 Å². The van der Waals surface area contributed by atoms with Crippen molar-refractivity contribution in [1.29, 1.82) is 0 Å². The molecule has 2 aromatic carbocycles. The van der Waals surface area contributed by atoms with Gasteiger partial charge in [-0.25, -0.2) is 4.79 Å². The number of halogens is 3. The minimum Gasteiger partial charge on any atom is -0.444 e. The summed E-state index contributed by atoms with van der Waals surface area (Å²) >= 11 is 0. The van der Waals surface area contributed by atoms with Gasteiger partial charge in [0.1, 0.15) is 17.8 Å². The Morgan fingerprint density at radius 3 is 2.41 bits per heavy atom. The smallest absolute Gasteiger partial charge is 0.416 e. The Hall–Kier alpha value is -3.93. The van der Waals surface area contributed by atoms with Gasteiger partial charge in [-0.15, -0.1) is 10.2 Å². The topological polar surface area (TPSA) is 92.6 Å². The molecule has 0 unspecified atom stereocenters. The second-order valence-corrected chi connectivity index (χ2v) is 13.5. The molecule has 12 heteroatoms. The number of carbonyl (C=O) groups excluding carboxylic acids is 2. The fourth-order valence-corrected chi connectivity index (χ4v) is 6.51. The molecule has 3 aliphatic rings. The lowest BCUT2D eigenvalue weighted by Gasteiger charge is -2.47. The molecule has 2 aliphatic heterocycles. The highest BCUT2D eigenvalue weighted by molar-refractivity contribution is 6.10. The van der Waals surface area contributed by atoms with Crippen LogP contribution >= 0.6 is 0 Å². The summed E-state index contributed by atoms with van der Waals surface area (Å²) < 4.78 is 51.1. The van der Waals surface area contributed by atoms with Crippen LogP contribution in [0.4, 0.5) is 23.7 Å². The SMILES string of the molecule is Cn1cnnc1C1(c2cccc(N3Cc4c(cc(CN(C(=O)OC(C)(C)C)C5(C)CCC5)cc4C(F)(F)F)C3=O)c2)CNC1. The van der Waals surface area contributed by atoms with Crippen LogP contribution in [0.15, 0.2) is 42.7 Å². The fraction of sp³-hybridized carbons (Fsp3) is 0.500. The van der Waals surface area contributed by atoms with Gasteiger partial charge in [0.05, 0.1) is 17.5 Å². The van der Waals surface area contributed by atoms with E-state index in [0.29, 0.717) is 18.8 Å². The predicted octanol–water partition coefficient (Wildman–Crippen LogP) is 5.56. The first-order valence-electron chi connectivity index (χ1n) is 14.8. The second kappa shape index (κ2) is 10.3. The number of benzene rings is 2. The first kappa shape index (κ1) is 30.1. The van der Waals surface area contributed by atoms with Crippen molar-refractivity contribution in [2.45, 2.75) is 82.8 Å². The molecule has 1 N–H and O–H groups in total. The third kappa shape index (κ3) is 5.12. The average Bonchev–Trinajstić information content (AvgIpc) is 3.46. The van der Waals surface area contributed by atoms with E-state index in [-0.39, 0.29) is 29.8 Å². The summed E-state index contributed by atoms with van der Waals surface area (Å²) in [6, 6.07) is 9.93. The number of aryl methyl sites for hydroxylation is 1. The lowest BCUT2D eigenvalue weighted by molar-refractivity contribution is -0.138. The monoisotopic (exact) mass is 610 g/mol. The number of alkyl halides is 3. The molecule has 2 fully saturated rings. The van der Waals surface area contributed by atoms with E-state index in [0.717, 1.165) is 36.7 Å². The number of nitrogens with zero attached hydrogens (tertiary/aromatic N) is 5. The van der Waals surface area contributed by atoms with Gasteiger partial charge in [0.2, 0.25) is 0 Å². The van der Waals surface area contributed by atoms with Gasteiger partial charge in [0.25, 0.3) is 5.91 Å². The van der Waals surface area contributed by atoms with E-state index in [4.69, 9.17) is 4.74 Å². The first-order valence-corrected chi connectivity index (χ1v) is 14.8. The lowest BCUT2D eigenvalue weighted by Crippen LogP contribution is -2.58. The summed E-state index contributed by atoms with van der Waals surface area (Å²) in [5, 5.41) is 11.6. The maximum absolute atomic E-state index is 14.5. The summed E-state index contributed by atoms with van der Waals surface area (Å²) in [7, 11) is 1.87. The molecular formula is C32H37F3N6O3. The van der Waals surface area contributed by atoms with E-state index in [9.17, 15) is 22.8 Å². The molecule has 3 heterocycles. The van der Waals surface area contributed by atoms with Crippen molar-refractivity contribution < 1.29 is 27.5 Å². The van der Waals surface area contributed by atoms with Crippen LogP contribution in [0.25, 0.3) is 0 Å². The number of hydrogen-bond donors (Lipinski definition) is 1.